The minimum atomic E-state index is -2.10. The second-order valence-electron chi connectivity index (χ2n) is 12.4. The Morgan fingerprint density at radius 1 is 0.939 bits per heavy atom. The van der Waals surface area contributed by atoms with E-state index in [0.29, 0.717) is 11.1 Å². The van der Waals surface area contributed by atoms with E-state index in [2.05, 4.69) is 0 Å². The van der Waals surface area contributed by atoms with Crippen LogP contribution in [0.2, 0.25) is 0 Å². The Kier molecular flexibility index (Phi) is 7.64. The summed E-state index contributed by atoms with van der Waals surface area (Å²) in [5, 5.41) is 21.3. The maximum absolute atomic E-state index is 14.4. The number of hydrogen-bond acceptors (Lipinski definition) is 8. The van der Waals surface area contributed by atoms with Crippen LogP contribution in [0.25, 0.3) is 6.08 Å². The van der Waals surface area contributed by atoms with Gasteiger partial charge in [-0.25, -0.2) is 9.29 Å². The van der Waals surface area contributed by atoms with Crippen LogP contribution in [0.5, 0.6) is 11.5 Å². The Morgan fingerprint density at radius 3 is 2.24 bits per heavy atom. The molecule has 0 unspecified atom stereocenters. The van der Waals surface area contributed by atoms with Gasteiger partial charge in [-0.1, -0.05) is 29.9 Å². The van der Waals surface area contributed by atoms with Gasteiger partial charge >= 0.3 is 0 Å². The van der Waals surface area contributed by atoms with Crippen LogP contribution in [0.3, 0.4) is 0 Å². The fraction of sp³-hybridized carbons (Fsp3) is 0.257. The number of carbonyl (C=O) groups excluding carboxylic acids is 4. The van der Waals surface area contributed by atoms with E-state index >= 15 is 0 Å². The number of phenolic OH excluding ortho intramolecular Hbond substituents is 1. The van der Waals surface area contributed by atoms with E-state index in [0.717, 1.165) is 21.9 Å². The molecule has 1 N–H and O–H groups in total. The Hall–Kier alpha value is -5.07. The summed E-state index contributed by atoms with van der Waals surface area (Å²) in [6.07, 6.45) is 4.86. The summed E-state index contributed by atoms with van der Waals surface area (Å²) in [4.78, 5) is 64.8. The number of aromatic hydroxyl groups is 1. The van der Waals surface area contributed by atoms with E-state index < -0.39 is 67.8 Å². The number of allylic oxidation sites excluding steroid dienone is 3. The van der Waals surface area contributed by atoms with Crippen LogP contribution in [0.1, 0.15) is 18.4 Å². The van der Waals surface area contributed by atoms with E-state index in [9.17, 15) is 38.8 Å². The van der Waals surface area contributed by atoms with Crippen molar-refractivity contribution in [1.82, 2.24) is 0 Å². The molecule has 0 aromatic heterocycles. The number of carbonyl (C=O) groups is 4. The number of nitro benzene ring substituents is 1. The molecule has 2 aliphatic carbocycles. The van der Waals surface area contributed by atoms with E-state index in [1.807, 2.05) is 0 Å². The zero-order valence-electron chi connectivity index (χ0n) is 25.6. The zero-order valence-corrected chi connectivity index (χ0v) is 27.1. The quantitative estimate of drug-likeness (QED) is 0.112. The van der Waals surface area contributed by atoms with Crippen LogP contribution in [-0.4, -0.2) is 50.5 Å². The van der Waals surface area contributed by atoms with Gasteiger partial charge in [0.05, 0.1) is 35.2 Å². The first-order chi connectivity index (χ1) is 23.3. The highest BCUT2D eigenvalue weighted by molar-refractivity contribution is 6.58. The largest absolute Gasteiger partial charge is 0.504 e. The first-order valence-corrected chi connectivity index (χ1v) is 16.0. The number of halogens is 3. The third-order valence-electron chi connectivity index (χ3n) is 9.96. The lowest BCUT2D eigenvalue weighted by atomic mass is 9.57. The van der Waals surface area contributed by atoms with Gasteiger partial charge in [0.15, 0.2) is 21.2 Å². The first kappa shape index (κ1) is 32.5. The van der Waals surface area contributed by atoms with Crippen molar-refractivity contribution in [2.75, 3.05) is 16.9 Å². The molecule has 2 saturated heterocycles. The van der Waals surface area contributed by atoms with Gasteiger partial charge in [-0.3, -0.25) is 34.2 Å². The Bertz CT molecular complexity index is 2020. The Labute approximate surface area is 288 Å². The highest BCUT2D eigenvalue weighted by Crippen LogP contribution is 2.63. The van der Waals surface area contributed by atoms with E-state index in [-0.39, 0.29) is 41.4 Å². The average Bonchev–Trinajstić information content (AvgIpc) is 3.43. The van der Waals surface area contributed by atoms with Crippen molar-refractivity contribution in [3.8, 4) is 11.5 Å². The van der Waals surface area contributed by atoms with Crippen LogP contribution in [0, 0.1) is 39.6 Å². The Balaban J connectivity index is 1.34. The summed E-state index contributed by atoms with van der Waals surface area (Å²) in [5.74, 6) is -6.94. The smallest absolute Gasteiger partial charge is 0.269 e. The number of phenols is 1. The Morgan fingerprint density at radius 2 is 1.59 bits per heavy atom. The number of imide groups is 2. The van der Waals surface area contributed by atoms with Crippen molar-refractivity contribution >= 4 is 70.0 Å². The second-order valence-corrected chi connectivity index (χ2v) is 13.6. The molecular formula is C35H26Cl2FN3O8. The summed E-state index contributed by atoms with van der Waals surface area (Å²) in [6, 6.07) is 14.3. The molecule has 6 atom stereocenters. The molecule has 49 heavy (non-hydrogen) atoms. The minimum Gasteiger partial charge on any atom is -0.504 e. The number of anilines is 2. The molecule has 0 bridgehead atoms. The van der Waals surface area contributed by atoms with Crippen molar-refractivity contribution in [3.05, 3.63) is 106 Å². The molecule has 3 aromatic carbocycles. The number of amides is 4. The van der Waals surface area contributed by atoms with Gasteiger partial charge in [0.25, 0.3) is 17.5 Å². The van der Waals surface area contributed by atoms with Gasteiger partial charge in [-0.05, 0) is 72.9 Å². The summed E-state index contributed by atoms with van der Waals surface area (Å²) in [6.45, 7) is 0. The highest BCUT2D eigenvalue weighted by Gasteiger charge is 2.76. The number of nitro groups is 1. The van der Waals surface area contributed by atoms with Gasteiger partial charge < -0.3 is 9.84 Å². The molecule has 0 spiro atoms. The standard InChI is InChI=1S/C35H26Cl2FN3O8/c1-49-28-16-18(3-15-27(28)42)2-14-26-23-12-13-24-29(31(44)39(30(24)43)20-8-10-22(11-9-20)41(47)48)25(23)17-34(36)32(45)40(33(46)35(26,34)37)21-6-4-19(38)5-7-21/h2-12,14-16,24-26,29,42H,13,17H2,1H3/t24-,25+,26-,29-,34+,35-/m0/s1. The predicted octanol–water partition coefficient (Wildman–Crippen LogP) is 5.76. The van der Waals surface area contributed by atoms with Gasteiger partial charge in [0, 0.05) is 18.1 Å². The normalized spacial score (nSPS) is 29.2. The first-order valence-electron chi connectivity index (χ1n) is 15.2. The minimum absolute atomic E-state index is 0.0585. The van der Waals surface area contributed by atoms with E-state index in [1.54, 1.807) is 30.4 Å². The van der Waals surface area contributed by atoms with E-state index in [1.165, 1.54) is 49.6 Å². The molecule has 0 radical (unpaired) electrons. The van der Waals surface area contributed by atoms with Crippen molar-refractivity contribution in [2.45, 2.75) is 22.6 Å². The summed E-state index contributed by atoms with van der Waals surface area (Å²) >= 11 is 14.6. The molecule has 3 fully saturated rings. The maximum atomic E-state index is 14.4. The van der Waals surface area contributed by atoms with Crippen molar-refractivity contribution in [2.24, 2.45) is 23.7 Å². The molecule has 14 heteroatoms. The fourth-order valence-corrected chi connectivity index (χ4v) is 8.52. The SMILES string of the molecule is COc1cc(C=C[C@H]2C3=CC[C@@H]4C(=O)N(c5ccc([N+](=O)[O-])cc5)C(=O)[C@@H]4[C@@H]3C[C@@]3(Cl)C(=O)N(c4ccc(F)cc4)C(=O)[C@@]23Cl)ccc1O. The average molecular weight is 707 g/mol. The fourth-order valence-electron chi connectivity index (χ4n) is 7.63. The zero-order chi connectivity index (χ0) is 35.0. The third-order valence-corrected chi connectivity index (χ3v) is 11.4. The molecule has 2 aliphatic heterocycles. The number of benzene rings is 3. The molecule has 7 rings (SSSR count). The molecule has 4 aliphatic rings. The van der Waals surface area contributed by atoms with Gasteiger partial charge in [-0.15, -0.1) is 23.2 Å². The van der Waals surface area contributed by atoms with Crippen molar-refractivity contribution in [3.63, 3.8) is 0 Å². The molecule has 1 saturated carbocycles. The molecule has 4 amide bonds. The van der Waals surface area contributed by atoms with Crippen LogP contribution in [0.4, 0.5) is 21.5 Å². The number of rotatable bonds is 6. The van der Waals surface area contributed by atoms with Gasteiger partial charge in [0.1, 0.15) is 5.82 Å². The van der Waals surface area contributed by atoms with Crippen molar-refractivity contribution < 1.29 is 38.3 Å². The van der Waals surface area contributed by atoms with Crippen LogP contribution in [-0.2, 0) is 19.2 Å². The number of ether oxygens (including phenoxy) is 1. The summed E-state index contributed by atoms with van der Waals surface area (Å²) in [5.41, 5.74) is 1.10. The number of methoxy groups -OCH3 is 1. The summed E-state index contributed by atoms with van der Waals surface area (Å²) in [7, 11) is 1.39. The maximum Gasteiger partial charge on any atom is 0.269 e. The molecule has 2 heterocycles. The lowest BCUT2D eigenvalue weighted by Gasteiger charge is -2.49. The molecule has 250 valence electrons. The predicted molar refractivity (Wildman–Crippen MR) is 177 cm³/mol. The van der Waals surface area contributed by atoms with E-state index in [4.69, 9.17) is 27.9 Å². The van der Waals surface area contributed by atoms with Gasteiger partial charge in [0.2, 0.25) is 11.8 Å². The topological polar surface area (TPSA) is 147 Å². The number of alkyl halides is 2. The molecular weight excluding hydrogens is 680 g/mol. The van der Waals surface area contributed by atoms with Crippen LogP contribution in [0.15, 0.2) is 84.5 Å². The van der Waals surface area contributed by atoms with Crippen LogP contribution >= 0.6 is 23.2 Å². The number of nitrogens with zero attached hydrogens (tertiary/aromatic N) is 3. The lowest BCUT2D eigenvalue weighted by Crippen LogP contribution is -2.60. The third kappa shape index (κ3) is 4.68. The van der Waals surface area contributed by atoms with Crippen molar-refractivity contribution in [1.29, 1.82) is 0 Å². The second kappa shape index (κ2) is 11.5. The lowest BCUT2D eigenvalue weighted by molar-refractivity contribution is -0.384. The number of fused-ring (bicyclic) bond motifs is 4. The van der Waals surface area contributed by atoms with Gasteiger partial charge in [-0.2, -0.15) is 0 Å². The highest BCUT2D eigenvalue weighted by atomic mass is 35.5. The van der Waals surface area contributed by atoms with Crippen LogP contribution < -0.4 is 14.5 Å². The molecule has 11 nitrogen and oxygen atoms in total. The molecule has 3 aromatic rings. The number of non-ortho nitro benzene ring substituents is 1. The monoisotopic (exact) mass is 705 g/mol. The summed E-state index contributed by atoms with van der Waals surface area (Å²) < 4.78 is 19.1. The number of hydrogen-bond donors (Lipinski definition) is 1.